The molecule has 2 heterocycles. The van der Waals surface area contributed by atoms with Gasteiger partial charge in [-0.25, -0.2) is 15.0 Å². The molecule has 0 fully saturated rings. The van der Waals surface area contributed by atoms with Crippen molar-refractivity contribution in [3.63, 3.8) is 0 Å². The van der Waals surface area contributed by atoms with Crippen LogP contribution in [0.1, 0.15) is 5.69 Å². The third kappa shape index (κ3) is 2.89. The van der Waals surface area contributed by atoms with Crippen LogP contribution in [0.2, 0.25) is 0 Å². The van der Waals surface area contributed by atoms with E-state index in [9.17, 15) is 13.2 Å². The fourth-order valence-electron chi connectivity index (χ4n) is 1.12. The second-order valence-electron chi connectivity index (χ2n) is 3.22. The van der Waals surface area contributed by atoms with E-state index in [1.165, 1.54) is 6.20 Å². The summed E-state index contributed by atoms with van der Waals surface area (Å²) in [7, 11) is 0. The molecule has 4 nitrogen and oxygen atoms in total. The second kappa shape index (κ2) is 4.81. The van der Waals surface area contributed by atoms with Crippen molar-refractivity contribution in [2.24, 2.45) is 0 Å². The molecule has 2 rings (SSSR count). The van der Waals surface area contributed by atoms with Crippen molar-refractivity contribution in [1.82, 2.24) is 15.0 Å². The van der Waals surface area contributed by atoms with Gasteiger partial charge in [-0.2, -0.15) is 13.2 Å². The molecule has 0 atom stereocenters. The van der Waals surface area contributed by atoms with E-state index in [2.05, 4.69) is 15.0 Å². The highest BCUT2D eigenvalue weighted by atomic mass is 32.2. The van der Waals surface area contributed by atoms with Crippen molar-refractivity contribution < 1.29 is 13.2 Å². The molecular formula is C10H7F3N4S. The Morgan fingerprint density at radius 3 is 2.56 bits per heavy atom. The number of nitrogens with zero attached hydrogens (tertiary/aromatic N) is 3. The van der Waals surface area contributed by atoms with Crippen LogP contribution >= 0.6 is 11.8 Å². The Bertz CT molecular complexity index is 559. The van der Waals surface area contributed by atoms with Crippen LogP contribution < -0.4 is 5.73 Å². The molecule has 8 heteroatoms. The molecule has 0 radical (unpaired) electrons. The average molecular weight is 272 g/mol. The van der Waals surface area contributed by atoms with Crippen molar-refractivity contribution in [2.45, 2.75) is 16.4 Å². The maximum absolute atomic E-state index is 12.4. The minimum atomic E-state index is -4.49. The van der Waals surface area contributed by atoms with Crippen molar-refractivity contribution in [3.05, 3.63) is 36.3 Å². The van der Waals surface area contributed by atoms with Crippen LogP contribution in [-0.4, -0.2) is 15.0 Å². The molecule has 0 bridgehead atoms. The number of nitrogens with two attached hydrogens (primary N) is 1. The van der Waals surface area contributed by atoms with Gasteiger partial charge in [0.15, 0.2) is 5.16 Å². The predicted octanol–water partition coefficient (Wildman–Crippen LogP) is 2.62. The molecule has 0 spiro atoms. The quantitative estimate of drug-likeness (QED) is 0.851. The standard InChI is InChI=1S/C10H7F3N4S/c11-10(12,13)7-3-5-16-9(17-7)18-8-6(14)2-1-4-15-8/h1-5H,14H2. The number of hydrogen-bond donors (Lipinski definition) is 1. The van der Waals surface area contributed by atoms with Gasteiger partial charge in [0.25, 0.3) is 0 Å². The molecule has 0 saturated heterocycles. The maximum Gasteiger partial charge on any atom is 0.433 e. The number of hydrogen-bond acceptors (Lipinski definition) is 5. The van der Waals surface area contributed by atoms with E-state index in [-0.39, 0.29) is 5.16 Å². The van der Waals surface area contributed by atoms with Crippen LogP contribution in [0.25, 0.3) is 0 Å². The molecule has 0 aromatic carbocycles. The van der Waals surface area contributed by atoms with Gasteiger partial charge >= 0.3 is 6.18 Å². The van der Waals surface area contributed by atoms with Crippen LogP contribution in [-0.2, 0) is 6.18 Å². The second-order valence-corrected chi connectivity index (χ2v) is 4.18. The molecule has 0 saturated carbocycles. The number of pyridine rings is 1. The summed E-state index contributed by atoms with van der Waals surface area (Å²) in [5, 5.41) is 0.326. The summed E-state index contributed by atoms with van der Waals surface area (Å²) in [6, 6.07) is 4.04. The van der Waals surface area contributed by atoms with E-state index < -0.39 is 11.9 Å². The zero-order chi connectivity index (χ0) is 13.2. The first-order valence-corrected chi connectivity index (χ1v) is 5.57. The zero-order valence-corrected chi connectivity index (χ0v) is 9.66. The number of nitrogen functional groups attached to an aromatic ring is 1. The molecule has 18 heavy (non-hydrogen) atoms. The fourth-order valence-corrected chi connectivity index (χ4v) is 1.85. The van der Waals surface area contributed by atoms with Crippen LogP contribution in [0, 0.1) is 0 Å². The van der Waals surface area contributed by atoms with E-state index in [1.54, 1.807) is 12.1 Å². The Kier molecular flexibility index (Phi) is 3.37. The van der Waals surface area contributed by atoms with E-state index >= 15 is 0 Å². The van der Waals surface area contributed by atoms with Crippen LogP contribution in [0.15, 0.2) is 40.8 Å². The highest BCUT2D eigenvalue weighted by Crippen LogP contribution is 2.31. The van der Waals surface area contributed by atoms with Crippen LogP contribution in [0.4, 0.5) is 18.9 Å². The lowest BCUT2D eigenvalue weighted by atomic mass is 10.4. The van der Waals surface area contributed by atoms with Gasteiger partial charge in [-0.1, -0.05) is 0 Å². The Morgan fingerprint density at radius 2 is 1.89 bits per heavy atom. The summed E-state index contributed by atoms with van der Waals surface area (Å²) in [5.74, 6) is 0. The Balaban J connectivity index is 2.28. The molecule has 0 unspecified atom stereocenters. The number of aromatic nitrogens is 3. The van der Waals surface area contributed by atoms with Gasteiger partial charge in [0.2, 0.25) is 0 Å². The molecule has 0 aliphatic heterocycles. The normalized spacial score (nSPS) is 11.5. The lowest BCUT2D eigenvalue weighted by Gasteiger charge is -2.06. The average Bonchev–Trinajstić information content (AvgIpc) is 2.31. The SMILES string of the molecule is Nc1cccnc1Sc1nccc(C(F)(F)F)n1. The molecule has 0 aliphatic carbocycles. The van der Waals surface area contributed by atoms with Gasteiger partial charge in [-0.15, -0.1) is 0 Å². The topological polar surface area (TPSA) is 64.7 Å². The summed E-state index contributed by atoms with van der Waals surface area (Å²) >= 11 is 0.886. The number of alkyl halides is 3. The predicted molar refractivity (Wildman–Crippen MR) is 59.8 cm³/mol. The molecule has 2 aromatic rings. The monoisotopic (exact) mass is 272 g/mol. The largest absolute Gasteiger partial charge is 0.433 e. The third-order valence-corrected chi connectivity index (χ3v) is 2.83. The lowest BCUT2D eigenvalue weighted by Crippen LogP contribution is -2.08. The highest BCUT2D eigenvalue weighted by molar-refractivity contribution is 7.99. The maximum atomic E-state index is 12.4. The van der Waals surface area contributed by atoms with Gasteiger partial charge in [-0.05, 0) is 30.0 Å². The Hall–Kier alpha value is -1.83. The number of rotatable bonds is 2. The summed E-state index contributed by atoms with van der Waals surface area (Å²) in [6.07, 6.45) is -1.95. The fraction of sp³-hybridized carbons (Fsp3) is 0.100. The molecule has 94 valence electrons. The lowest BCUT2D eigenvalue weighted by molar-refractivity contribution is -0.141. The first-order valence-electron chi connectivity index (χ1n) is 4.75. The molecule has 0 amide bonds. The first-order chi connectivity index (χ1) is 8.47. The minimum Gasteiger partial charge on any atom is -0.397 e. The van der Waals surface area contributed by atoms with Crippen molar-refractivity contribution in [3.8, 4) is 0 Å². The van der Waals surface area contributed by atoms with Crippen molar-refractivity contribution in [2.75, 3.05) is 5.73 Å². The molecule has 0 aliphatic rings. The molecule has 2 N–H and O–H groups in total. The van der Waals surface area contributed by atoms with Crippen molar-refractivity contribution >= 4 is 17.4 Å². The van der Waals surface area contributed by atoms with E-state index in [0.717, 1.165) is 24.0 Å². The van der Waals surface area contributed by atoms with Crippen molar-refractivity contribution in [1.29, 1.82) is 0 Å². The van der Waals surface area contributed by atoms with Gasteiger partial charge in [0, 0.05) is 12.4 Å². The summed E-state index contributed by atoms with van der Waals surface area (Å²) in [5.41, 5.74) is 5.00. The van der Waals surface area contributed by atoms with Gasteiger partial charge in [0.05, 0.1) is 5.69 Å². The van der Waals surface area contributed by atoms with E-state index in [1.807, 2.05) is 0 Å². The van der Waals surface area contributed by atoms with Crippen LogP contribution in [0.3, 0.4) is 0 Å². The van der Waals surface area contributed by atoms with E-state index in [0.29, 0.717) is 10.7 Å². The van der Waals surface area contributed by atoms with Gasteiger partial charge < -0.3 is 5.73 Å². The zero-order valence-electron chi connectivity index (χ0n) is 8.85. The minimum absolute atomic E-state index is 0.0461. The summed E-state index contributed by atoms with van der Waals surface area (Å²) < 4.78 is 37.3. The Morgan fingerprint density at radius 1 is 1.11 bits per heavy atom. The highest BCUT2D eigenvalue weighted by Gasteiger charge is 2.32. The van der Waals surface area contributed by atoms with Gasteiger partial charge in [0.1, 0.15) is 10.7 Å². The van der Waals surface area contributed by atoms with Gasteiger partial charge in [-0.3, -0.25) is 0 Å². The number of halogens is 3. The summed E-state index contributed by atoms with van der Waals surface area (Å²) in [4.78, 5) is 11.1. The summed E-state index contributed by atoms with van der Waals surface area (Å²) in [6.45, 7) is 0. The first kappa shape index (κ1) is 12.6. The van der Waals surface area contributed by atoms with E-state index in [4.69, 9.17) is 5.73 Å². The molecular weight excluding hydrogens is 265 g/mol. The smallest absolute Gasteiger partial charge is 0.397 e. The van der Waals surface area contributed by atoms with Crippen LogP contribution in [0.5, 0.6) is 0 Å². The third-order valence-electron chi connectivity index (χ3n) is 1.91. The number of anilines is 1. The Labute approximate surface area is 104 Å². The molecule has 2 aromatic heterocycles.